The van der Waals surface area contributed by atoms with Crippen molar-refractivity contribution in [2.75, 3.05) is 24.5 Å². The third-order valence-corrected chi connectivity index (χ3v) is 5.97. The maximum atomic E-state index is 12.9. The highest BCUT2D eigenvalue weighted by Crippen LogP contribution is 2.28. The molecule has 0 saturated carbocycles. The summed E-state index contributed by atoms with van der Waals surface area (Å²) in [4.78, 5) is 17.2. The minimum atomic E-state index is 0.153. The van der Waals surface area contributed by atoms with Gasteiger partial charge < -0.3 is 9.80 Å². The number of hydrogen-bond acceptors (Lipinski definition) is 5. The maximum absolute atomic E-state index is 12.9. The molecule has 1 aromatic carbocycles. The number of carbonyl (C=O) groups excluding carboxylic acids is 1. The van der Waals surface area contributed by atoms with Crippen LogP contribution in [0.4, 0.5) is 5.13 Å². The lowest BCUT2D eigenvalue weighted by atomic mass is 9.93. The Labute approximate surface area is 146 Å². The molecule has 1 saturated heterocycles. The number of hydrogen-bond donors (Lipinski definition) is 0. The van der Waals surface area contributed by atoms with Gasteiger partial charge in [-0.05, 0) is 37.3 Å². The van der Waals surface area contributed by atoms with Gasteiger partial charge in [0.2, 0.25) is 11.0 Å². The molecule has 1 amide bonds. The van der Waals surface area contributed by atoms with E-state index in [-0.39, 0.29) is 5.92 Å². The van der Waals surface area contributed by atoms with E-state index in [0.717, 1.165) is 55.6 Å². The lowest BCUT2D eigenvalue weighted by molar-refractivity contribution is -0.137. The van der Waals surface area contributed by atoms with Gasteiger partial charge in [0.1, 0.15) is 5.01 Å². The van der Waals surface area contributed by atoms with E-state index in [1.54, 1.807) is 11.3 Å². The average Bonchev–Trinajstić information content (AvgIpc) is 3.07. The number of carbonyl (C=O) groups is 1. The van der Waals surface area contributed by atoms with E-state index in [9.17, 15) is 4.79 Å². The lowest BCUT2D eigenvalue weighted by Crippen LogP contribution is -2.44. The summed E-state index contributed by atoms with van der Waals surface area (Å²) in [5.74, 6) is 0.484. The van der Waals surface area contributed by atoms with Crippen LogP contribution in [0.1, 0.15) is 29.0 Å². The van der Waals surface area contributed by atoms with Crippen LogP contribution < -0.4 is 4.90 Å². The molecule has 4 rings (SSSR count). The van der Waals surface area contributed by atoms with Crippen LogP contribution in [0.25, 0.3) is 0 Å². The normalized spacial score (nSPS) is 18.5. The third kappa shape index (κ3) is 3.02. The fraction of sp³-hybridized carbons (Fsp3) is 0.500. The highest BCUT2D eigenvalue weighted by atomic mass is 32.1. The van der Waals surface area contributed by atoms with Gasteiger partial charge in [0.25, 0.3) is 0 Å². The van der Waals surface area contributed by atoms with Crippen LogP contribution in [0, 0.1) is 12.8 Å². The summed E-state index contributed by atoms with van der Waals surface area (Å²) < 4.78 is 0. The van der Waals surface area contributed by atoms with Crippen molar-refractivity contribution in [1.29, 1.82) is 0 Å². The predicted molar refractivity (Wildman–Crippen MR) is 95.1 cm³/mol. The molecule has 6 heteroatoms. The molecule has 0 bridgehead atoms. The molecule has 0 spiro atoms. The average molecular weight is 342 g/mol. The predicted octanol–water partition coefficient (Wildman–Crippen LogP) is 2.65. The molecule has 0 radical (unpaired) electrons. The Balaban J connectivity index is 1.37. The molecule has 0 aliphatic carbocycles. The maximum Gasteiger partial charge on any atom is 0.226 e. The zero-order chi connectivity index (χ0) is 16.5. The molecule has 5 nitrogen and oxygen atoms in total. The minimum absolute atomic E-state index is 0.153. The summed E-state index contributed by atoms with van der Waals surface area (Å²) in [6, 6.07) is 8.48. The quantitative estimate of drug-likeness (QED) is 0.842. The Morgan fingerprint density at radius 3 is 2.58 bits per heavy atom. The van der Waals surface area contributed by atoms with E-state index in [1.807, 2.05) is 6.92 Å². The fourth-order valence-corrected chi connectivity index (χ4v) is 4.41. The van der Waals surface area contributed by atoms with Gasteiger partial charge >= 0.3 is 0 Å². The van der Waals surface area contributed by atoms with E-state index in [0.29, 0.717) is 5.91 Å². The summed E-state index contributed by atoms with van der Waals surface area (Å²) in [7, 11) is 0. The van der Waals surface area contributed by atoms with Crippen LogP contribution in [-0.4, -0.2) is 40.6 Å². The number of amides is 1. The first kappa shape index (κ1) is 15.6. The lowest BCUT2D eigenvalue weighted by Gasteiger charge is -2.35. The number of aryl methyl sites for hydroxylation is 1. The summed E-state index contributed by atoms with van der Waals surface area (Å²) in [6.45, 7) is 5.40. The molecule has 2 aliphatic rings. The first-order valence-electron chi connectivity index (χ1n) is 8.61. The van der Waals surface area contributed by atoms with Gasteiger partial charge in [-0.1, -0.05) is 35.6 Å². The van der Waals surface area contributed by atoms with E-state index in [2.05, 4.69) is 44.3 Å². The molecule has 126 valence electrons. The van der Waals surface area contributed by atoms with Crippen molar-refractivity contribution in [2.24, 2.45) is 5.92 Å². The largest absolute Gasteiger partial charge is 0.347 e. The van der Waals surface area contributed by atoms with Crippen molar-refractivity contribution >= 4 is 22.4 Å². The zero-order valence-corrected chi connectivity index (χ0v) is 14.8. The van der Waals surface area contributed by atoms with Crippen molar-refractivity contribution < 1.29 is 4.79 Å². The second kappa shape index (κ2) is 6.51. The highest BCUT2D eigenvalue weighted by molar-refractivity contribution is 7.15. The van der Waals surface area contributed by atoms with Crippen LogP contribution in [0.15, 0.2) is 24.3 Å². The number of benzene rings is 1. The Bertz CT molecular complexity index is 736. The SMILES string of the molecule is Cc1nnc(N2CCC(C(=O)N3CCc4ccccc4C3)CC2)s1. The summed E-state index contributed by atoms with van der Waals surface area (Å²) in [5.41, 5.74) is 2.70. The molecule has 2 aromatic rings. The smallest absolute Gasteiger partial charge is 0.226 e. The van der Waals surface area contributed by atoms with Gasteiger partial charge in [0.15, 0.2) is 0 Å². The highest BCUT2D eigenvalue weighted by Gasteiger charge is 2.31. The third-order valence-electron chi connectivity index (χ3n) is 5.07. The van der Waals surface area contributed by atoms with Crippen molar-refractivity contribution in [3.8, 4) is 0 Å². The molecule has 0 atom stereocenters. The van der Waals surface area contributed by atoms with Crippen molar-refractivity contribution in [3.63, 3.8) is 0 Å². The Morgan fingerprint density at radius 2 is 1.88 bits per heavy atom. The second-order valence-corrected chi connectivity index (χ2v) is 7.80. The fourth-order valence-electron chi connectivity index (χ4n) is 3.67. The first-order chi connectivity index (χ1) is 11.7. The summed E-state index contributed by atoms with van der Waals surface area (Å²) in [5, 5.41) is 10.3. The Hall–Kier alpha value is -1.95. The monoisotopic (exact) mass is 342 g/mol. The van der Waals surface area contributed by atoms with Gasteiger partial charge in [-0.15, -0.1) is 10.2 Å². The van der Waals surface area contributed by atoms with Gasteiger partial charge in [0, 0.05) is 32.1 Å². The molecule has 0 unspecified atom stereocenters. The molecular weight excluding hydrogens is 320 g/mol. The molecule has 3 heterocycles. The van der Waals surface area contributed by atoms with Crippen molar-refractivity contribution in [1.82, 2.24) is 15.1 Å². The van der Waals surface area contributed by atoms with Crippen LogP contribution in [-0.2, 0) is 17.8 Å². The number of nitrogens with zero attached hydrogens (tertiary/aromatic N) is 4. The van der Waals surface area contributed by atoms with Crippen molar-refractivity contribution in [3.05, 3.63) is 40.4 Å². The van der Waals surface area contributed by atoms with E-state index >= 15 is 0 Å². The molecule has 2 aliphatic heterocycles. The van der Waals surface area contributed by atoms with E-state index in [1.165, 1.54) is 11.1 Å². The summed E-state index contributed by atoms with van der Waals surface area (Å²) in [6.07, 6.45) is 2.80. The number of anilines is 1. The Morgan fingerprint density at radius 1 is 1.12 bits per heavy atom. The van der Waals surface area contributed by atoms with E-state index in [4.69, 9.17) is 0 Å². The second-order valence-electron chi connectivity index (χ2n) is 6.64. The van der Waals surface area contributed by atoms with E-state index < -0.39 is 0 Å². The van der Waals surface area contributed by atoms with Gasteiger partial charge in [0.05, 0.1) is 0 Å². The minimum Gasteiger partial charge on any atom is -0.347 e. The molecule has 1 aromatic heterocycles. The molecular formula is C18H22N4OS. The topological polar surface area (TPSA) is 49.3 Å². The number of aromatic nitrogens is 2. The number of piperidine rings is 1. The van der Waals surface area contributed by atoms with Crippen LogP contribution in [0.3, 0.4) is 0 Å². The van der Waals surface area contributed by atoms with Gasteiger partial charge in [-0.2, -0.15) is 0 Å². The summed E-state index contributed by atoms with van der Waals surface area (Å²) >= 11 is 1.63. The number of rotatable bonds is 2. The molecule has 1 fully saturated rings. The van der Waals surface area contributed by atoms with Crippen LogP contribution in [0.2, 0.25) is 0 Å². The first-order valence-corrected chi connectivity index (χ1v) is 9.43. The van der Waals surface area contributed by atoms with Gasteiger partial charge in [-0.25, -0.2) is 0 Å². The number of fused-ring (bicyclic) bond motifs is 1. The van der Waals surface area contributed by atoms with Crippen LogP contribution in [0.5, 0.6) is 0 Å². The standard InChI is InChI=1S/C18H22N4OS/c1-13-19-20-18(24-13)21-9-7-15(8-10-21)17(23)22-11-6-14-4-2-3-5-16(14)12-22/h2-5,15H,6-12H2,1H3. The molecule has 0 N–H and O–H groups in total. The Kier molecular flexibility index (Phi) is 4.22. The van der Waals surface area contributed by atoms with Crippen molar-refractivity contribution in [2.45, 2.75) is 32.7 Å². The van der Waals surface area contributed by atoms with Gasteiger partial charge in [-0.3, -0.25) is 4.79 Å². The zero-order valence-electron chi connectivity index (χ0n) is 13.9. The molecule has 24 heavy (non-hydrogen) atoms. The van der Waals surface area contributed by atoms with Crippen LogP contribution >= 0.6 is 11.3 Å².